The van der Waals surface area contributed by atoms with Crippen molar-refractivity contribution in [1.29, 1.82) is 0 Å². The van der Waals surface area contributed by atoms with Crippen molar-refractivity contribution in [3.63, 3.8) is 0 Å². The Hall–Kier alpha value is -0.590. The van der Waals surface area contributed by atoms with Crippen LogP contribution in [0.25, 0.3) is 0 Å². The summed E-state index contributed by atoms with van der Waals surface area (Å²) in [5.74, 6) is -0.843. The minimum absolute atomic E-state index is 0.0150. The lowest BCUT2D eigenvalue weighted by Crippen LogP contribution is -2.27. The van der Waals surface area contributed by atoms with E-state index in [0.29, 0.717) is 0 Å². The topological polar surface area (TPSA) is 72.7 Å². The fourth-order valence-corrected chi connectivity index (χ4v) is 0.648. The average molecular weight is 244 g/mol. The van der Waals surface area contributed by atoms with Gasteiger partial charge in [-0.25, -0.2) is 0 Å². The van der Waals surface area contributed by atoms with Crippen LogP contribution >= 0.6 is 34.8 Å². The molecule has 0 aliphatic heterocycles. The number of hydrogen-bond acceptors (Lipinski definition) is 4. The largest absolute Gasteiger partial charge is 0.288 e. The predicted molar refractivity (Wildman–Crippen MR) is 47.7 cm³/mol. The number of anilines is 1. The monoisotopic (exact) mass is 243 g/mol. The fraction of sp³-hybridized carbons (Fsp3) is 0.500. The van der Waals surface area contributed by atoms with Crippen molar-refractivity contribution in [2.24, 2.45) is 7.05 Å². The van der Waals surface area contributed by atoms with E-state index in [2.05, 4.69) is 20.7 Å². The summed E-state index contributed by atoms with van der Waals surface area (Å²) in [4.78, 5) is 12.2. The van der Waals surface area contributed by atoms with E-state index in [-0.39, 0.29) is 5.95 Å². The molecule has 1 amide bonds. The number of carbonyl (C=O) groups is 1. The molecule has 0 bridgehead atoms. The smallest absolute Gasteiger partial charge is 0.278 e. The number of rotatable bonds is 1. The molecule has 0 atom stereocenters. The van der Waals surface area contributed by atoms with Gasteiger partial charge in [0.15, 0.2) is 0 Å². The zero-order valence-corrected chi connectivity index (χ0v) is 8.60. The molecular formula is C4H4Cl3N5O. The van der Waals surface area contributed by atoms with E-state index >= 15 is 0 Å². The summed E-state index contributed by atoms with van der Waals surface area (Å²) < 4.78 is -2.03. The van der Waals surface area contributed by atoms with E-state index in [1.165, 1.54) is 7.05 Å². The molecule has 0 aliphatic carbocycles. The predicted octanol–water partition coefficient (Wildman–Crippen LogP) is 0.519. The molecule has 1 aromatic rings. The van der Waals surface area contributed by atoms with Gasteiger partial charge in [-0.05, 0) is 5.21 Å². The Balaban J connectivity index is 2.65. The Labute approximate surface area is 88.1 Å². The van der Waals surface area contributed by atoms with Crippen LogP contribution in [-0.4, -0.2) is 29.9 Å². The third-order valence-corrected chi connectivity index (χ3v) is 1.51. The molecule has 0 aromatic carbocycles. The second-order valence-electron chi connectivity index (χ2n) is 2.05. The Kier molecular flexibility index (Phi) is 2.94. The van der Waals surface area contributed by atoms with E-state index < -0.39 is 9.70 Å². The molecule has 72 valence electrons. The first kappa shape index (κ1) is 10.5. The van der Waals surface area contributed by atoms with Crippen molar-refractivity contribution < 1.29 is 4.79 Å². The summed E-state index contributed by atoms with van der Waals surface area (Å²) in [6.07, 6.45) is 0. The minimum Gasteiger partial charge on any atom is -0.288 e. The lowest BCUT2D eigenvalue weighted by molar-refractivity contribution is -0.115. The van der Waals surface area contributed by atoms with Crippen molar-refractivity contribution in [1.82, 2.24) is 20.2 Å². The van der Waals surface area contributed by atoms with Gasteiger partial charge in [0.2, 0.25) is 0 Å². The van der Waals surface area contributed by atoms with Gasteiger partial charge < -0.3 is 0 Å². The first-order valence-corrected chi connectivity index (χ1v) is 4.15. The number of tetrazole rings is 1. The second kappa shape index (κ2) is 3.65. The number of hydrogen-bond donors (Lipinski definition) is 1. The number of halogens is 3. The maximum absolute atomic E-state index is 11.0. The number of amides is 1. The summed E-state index contributed by atoms with van der Waals surface area (Å²) in [6, 6.07) is 0. The SMILES string of the molecule is Cn1nnc(NC(=O)C(Cl)(Cl)Cl)n1. The van der Waals surface area contributed by atoms with E-state index in [4.69, 9.17) is 34.8 Å². The zero-order valence-electron chi connectivity index (χ0n) is 6.33. The average Bonchev–Trinajstić information content (AvgIpc) is 2.33. The lowest BCUT2D eigenvalue weighted by atomic mass is 10.7. The number of nitrogens with zero attached hydrogens (tertiary/aromatic N) is 4. The lowest BCUT2D eigenvalue weighted by Gasteiger charge is -2.07. The van der Waals surface area contributed by atoms with Crippen LogP contribution in [0, 0.1) is 0 Å². The van der Waals surface area contributed by atoms with Crippen molar-refractivity contribution in [2.45, 2.75) is 3.79 Å². The van der Waals surface area contributed by atoms with Crippen molar-refractivity contribution in [2.75, 3.05) is 5.32 Å². The highest BCUT2D eigenvalue weighted by Crippen LogP contribution is 2.26. The highest BCUT2D eigenvalue weighted by atomic mass is 35.6. The highest BCUT2D eigenvalue weighted by Gasteiger charge is 2.31. The van der Waals surface area contributed by atoms with Crippen LogP contribution in [0.5, 0.6) is 0 Å². The van der Waals surface area contributed by atoms with Crippen molar-refractivity contribution in [3.8, 4) is 0 Å². The maximum Gasteiger partial charge on any atom is 0.278 e. The molecule has 0 unspecified atom stereocenters. The number of alkyl halides is 3. The van der Waals surface area contributed by atoms with Gasteiger partial charge in [0.05, 0.1) is 7.05 Å². The van der Waals surface area contributed by atoms with E-state index in [1.807, 2.05) is 0 Å². The first-order chi connectivity index (χ1) is 5.89. The molecule has 9 heteroatoms. The van der Waals surface area contributed by atoms with E-state index in [9.17, 15) is 4.79 Å². The van der Waals surface area contributed by atoms with Gasteiger partial charge in [0, 0.05) is 0 Å². The number of carbonyl (C=O) groups excluding carboxylic acids is 1. The van der Waals surface area contributed by atoms with Crippen LogP contribution in [-0.2, 0) is 11.8 Å². The van der Waals surface area contributed by atoms with Crippen LogP contribution in [0.4, 0.5) is 5.95 Å². The molecule has 1 N–H and O–H groups in total. The molecule has 6 nitrogen and oxygen atoms in total. The van der Waals surface area contributed by atoms with Gasteiger partial charge in [0.25, 0.3) is 15.6 Å². The van der Waals surface area contributed by atoms with E-state index in [1.54, 1.807) is 0 Å². The van der Waals surface area contributed by atoms with Crippen LogP contribution in [0.2, 0.25) is 0 Å². The van der Waals surface area contributed by atoms with Gasteiger partial charge in [0.1, 0.15) is 0 Å². The molecular weight excluding hydrogens is 240 g/mol. The quantitative estimate of drug-likeness (QED) is 0.731. The van der Waals surface area contributed by atoms with Crippen LogP contribution in [0.3, 0.4) is 0 Å². The van der Waals surface area contributed by atoms with Crippen molar-refractivity contribution in [3.05, 3.63) is 0 Å². The van der Waals surface area contributed by atoms with Crippen molar-refractivity contribution >= 4 is 46.7 Å². The molecule has 13 heavy (non-hydrogen) atoms. The fourth-order valence-electron chi connectivity index (χ4n) is 0.507. The van der Waals surface area contributed by atoms with Crippen LogP contribution < -0.4 is 5.32 Å². The summed E-state index contributed by atoms with van der Waals surface area (Å²) in [5, 5.41) is 12.7. The van der Waals surface area contributed by atoms with Gasteiger partial charge in [-0.15, -0.1) is 5.10 Å². The van der Waals surface area contributed by atoms with Gasteiger partial charge >= 0.3 is 0 Å². The maximum atomic E-state index is 11.0. The normalized spacial score (nSPS) is 11.4. The molecule has 0 spiro atoms. The van der Waals surface area contributed by atoms with Gasteiger partial charge in [-0.3, -0.25) is 10.1 Å². The third-order valence-electron chi connectivity index (χ3n) is 0.991. The van der Waals surface area contributed by atoms with Gasteiger partial charge in [-0.2, -0.15) is 4.80 Å². The Morgan fingerprint density at radius 1 is 1.54 bits per heavy atom. The number of aryl methyl sites for hydroxylation is 1. The Morgan fingerprint density at radius 2 is 2.15 bits per heavy atom. The minimum atomic E-state index is -2.03. The Morgan fingerprint density at radius 3 is 2.54 bits per heavy atom. The molecule has 1 heterocycles. The summed E-state index contributed by atoms with van der Waals surface area (Å²) in [7, 11) is 1.54. The molecule has 0 radical (unpaired) electrons. The number of aromatic nitrogens is 4. The molecule has 1 aromatic heterocycles. The van der Waals surface area contributed by atoms with Crippen LogP contribution in [0.15, 0.2) is 0 Å². The van der Waals surface area contributed by atoms with E-state index in [0.717, 1.165) is 4.80 Å². The molecule has 0 saturated carbocycles. The zero-order chi connectivity index (χ0) is 10.1. The summed E-state index contributed by atoms with van der Waals surface area (Å²) in [5.41, 5.74) is 0. The molecule has 0 aliphatic rings. The van der Waals surface area contributed by atoms with Crippen LogP contribution in [0.1, 0.15) is 0 Å². The standard InChI is InChI=1S/C4H4Cl3N5O/c1-12-10-3(9-11-12)8-2(13)4(5,6)7/h1H3,(H,8,10,13). The molecule has 1 rings (SSSR count). The second-order valence-corrected chi connectivity index (χ2v) is 4.34. The summed E-state index contributed by atoms with van der Waals surface area (Å²) in [6.45, 7) is 0. The molecule has 0 saturated heterocycles. The number of nitrogens with one attached hydrogen (secondary N) is 1. The van der Waals surface area contributed by atoms with Gasteiger partial charge in [-0.1, -0.05) is 39.9 Å². The third kappa shape index (κ3) is 2.98. The Bertz CT molecular complexity index is 318. The highest BCUT2D eigenvalue weighted by molar-refractivity contribution is 6.76. The first-order valence-electron chi connectivity index (χ1n) is 3.02. The summed E-state index contributed by atoms with van der Waals surface area (Å²) >= 11 is 15.8. The molecule has 0 fully saturated rings.